The maximum Gasteiger partial charge on any atom is 0.231 e. The van der Waals surface area contributed by atoms with E-state index in [0.717, 1.165) is 62.5 Å². The average Bonchev–Trinajstić information content (AvgIpc) is 3.17. The van der Waals surface area contributed by atoms with E-state index in [1.807, 2.05) is 12.1 Å². The first-order valence-corrected chi connectivity index (χ1v) is 9.23. The first-order chi connectivity index (χ1) is 13.3. The van der Waals surface area contributed by atoms with Crippen LogP contribution in [0.1, 0.15) is 5.56 Å². The summed E-state index contributed by atoms with van der Waals surface area (Å²) < 4.78 is 15.9. The molecule has 8 nitrogen and oxygen atoms in total. The Balaban J connectivity index is 1.30. The van der Waals surface area contributed by atoms with Gasteiger partial charge >= 0.3 is 0 Å². The van der Waals surface area contributed by atoms with Crippen molar-refractivity contribution < 1.29 is 14.2 Å². The molecule has 8 heteroatoms. The van der Waals surface area contributed by atoms with E-state index in [-0.39, 0.29) is 0 Å². The van der Waals surface area contributed by atoms with Gasteiger partial charge in [-0.05, 0) is 23.8 Å². The lowest BCUT2D eigenvalue weighted by Gasteiger charge is -2.34. The third-order valence-electron chi connectivity index (χ3n) is 4.75. The van der Waals surface area contributed by atoms with E-state index in [1.54, 1.807) is 13.3 Å². The predicted octanol–water partition coefficient (Wildman–Crippen LogP) is 1.59. The largest absolute Gasteiger partial charge is 0.454 e. The van der Waals surface area contributed by atoms with Gasteiger partial charge in [-0.15, -0.1) is 0 Å². The van der Waals surface area contributed by atoms with E-state index >= 15 is 0 Å². The summed E-state index contributed by atoms with van der Waals surface area (Å²) in [7, 11) is 1.69. The van der Waals surface area contributed by atoms with Crippen LogP contribution >= 0.6 is 0 Å². The Morgan fingerprint density at radius 2 is 1.96 bits per heavy atom. The fourth-order valence-electron chi connectivity index (χ4n) is 3.28. The molecule has 3 heterocycles. The molecule has 0 unspecified atom stereocenters. The molecular weight excluding hydrogens is 346 g/mol. The molecule has 2 aliphatic rings. The van der Waals surface area contributed by atoms with Crippen molar-refractivity contribution in [2.75, 3.05) is 63.5 Å². The molecule has 1 N–H and O–H groups in total. The van der Waals surface area contributed by atoms with Crippen LogP contribution in [0.5, 0.6) is 11.5 Å². The highest BCUT2D eigenvalue weighted by Crippen LogP contribution is 2.32. The molecule has 4 rings (SSSR count). The quantitative estimate of drug-likeness (QED) is 0.736. The average molecular weight is 371 g/mol. The van der Waals surface area contributed by atoms with Crippen molar-refractivity contribution in [3.63, 3.8) is 0 Å². The van der Waals surface area contributed by atoms with Crippen molar-refractivity contribution in [2.45, 2.75) is 6.54 Å². The van der Waals surface area contributed by atoms with E-state index in [1.165, 1.54) is 5.56 Å². The highest BCUT2D eigenvalue weighted by molar-refractivity contribution is 5.44. The molecule has 2 aliphatic heterocycles. The molecule has 0 radical (unpaired) electrons. The molecule has 1 saturated heterocycles. The predicted molar refractivity (Wildman–Crippen MR) is 102 cm³/mol. The SMILES string of the molecule is COCCNc1ccnc(N2CCN(Cc3ccc4c(c3)OCO4)CC2)n1. The number of nitrogens with one attached hydrogen (secondary N) is 1. The first kappa shape index (κ1) is 17.8. The van der Waals surface area contributed by atoms with Crippen LogP contribution in [0.4, 0.5) is 11.8 Å². The lowest BCUT2D eigenvalue weighted by atomic mass is 10.1. The summed E-state index contributed by atoms with van der Waals surface area (Å²) in [6.45, 7) is 6.37. The number of benzene rings is 1. The van der Waals surface area contributed by atoms with Crippen LogP contribution < -0.4 is 19.7 Å². The lowest BCUT2D eigenvalue weighted by molar-refractivity contribution is 0.174. The monoisotopic (exact) mass is 371 g/mol. The van der Waals surface area contributed by atoms with Crippen molar-refractivity contribution in [1.29, 1.82) is 0 Å². The minimum atomic E-state index is 0.316. The van der Waals surface area contributed by atoms with Gasteiger partial charge in [-0.1, -0.05) is 6.07 Å². The highest BCUT2D eigenvalue weighted by atomic mass is 16.7. The van der Waals surface area contributed by atoms with Crippen molar-refractivity contribution in [3.8, 4) is 11.5 Å². The summed E-state index contributed by atoms with van der Waals surface area (Å²) in [5.41, 5.74) is 1.24. The Morgan fingerprint density at radius 3 is 2.81 bits per heavy atom. The summed E-state index contributed by atoms with van der Waals surface area (Å²) in [5.74, 6) is 3.29. The number of rotatable bonds is 7. The standard InChI is InChI=1S/C19H25N5O3/c1-25-11-6-20-18-4-5-21-19(22-18)24-9-7-23(8-10-24)13-15-2-3-16-17(12-15)27-14-26-16/h2-5,12H,6-11,13-14H2,1H3,(H,20,21,22). The van der Waals surface area contributed by atoms with E-state index in [4.69, 9.17) is 14.2 Å². The van der Waals surface area contributed by atoms with Gasteiger partial charge in [0.15, 0.2) is 11.5 Å². The zero-order chi connectivity index (χ0) is 18.5. The summed E-state index contributed by atoms with van der Waals surface area (Å²) >= 11 is 0. The van der Waals surface area contributed by atoms with Crippen molar-refractivity contribution in [2.24, 2.45) is 0 Å². The molecule has 0 amide bonds. The second-order valence-corrected chi connectivity index (χ2v) is 6.61. The number of nitrogens with zero attached hydrogens (tertiary/aromatic N) is 4. The highest BCUT2D eigenvalue weighted by Gasteiger charge is 2.20. The molecule has 1 aromatic carbocycles. The van der Waals surface area contributed by atoms with Gasteiger partial charge in [-0.25, -0.2) is 4.98 Å². The summed E-state index contributed by atoms with van der Waals surface area (Å²) in [4.78, 5) is 13.7. The van der Waals surface area contributed by atoms with E-state index in [0.29, 0.717) is 13.4 Å². The van der Waals surface area contributed by atoms with Gasteiger partial charge in [-0.2, -0.15) is 4.98 Å². The third kappa shape index (κ3) is 4.40. The van der Waals surface area contributed by atoms with Crippen LogP contribution in [-0.4, -0.2) is 68.1 Å². The maximum atomic E-state index is 5.47. The lowest BCUT2D eigenvalue weighted by Crippen LogP contribution is -2.46. The number of fused-ring (bicyclic) bond motifs is 1. The van der Waals surface area contributed by atoms with E-state index in [9.17, 15) is 0 Å². The summed E-state index contributed by atoms with van der Waals surface area (Å²) in [6.07, 6.45) is 1.80. The normalized spacial score (nSPS) is 16.6. The zero-order valence-corrected chi connectivity index (χ0v) is 15.6. The smallest absolute Gasteiger partial charge is 0.231 e. The van der Waals surface area contributed by atoms with Crippen LogP contribution in [-0.2, 0) is 11.3 Å². The Hall–Kier alpha value is -2.58. The second-order valence-electron chi connectivity index (χ2n) is 6.61. The van der Waals surface area contributed by atoms with Gasteiger partial charge < -0.3 is 24.4 Å². The number of anilines is 2. The molecule has 27 heavy (non-hydrogen) atoms. The molecule has 2 aromatic rings. The molecule has 0 aliphatic carbocycles. The number of hydrogen-bond acceptors (Lipinski definition) is 8. The van der Waals surface area contributed by atoms with Crippen LogP contribution in [0.3, 0.4) is 0 Å². The molecule has 1 fully saturated rings. The first-order valence-electron chi connectivity index (χ1n) is 9.23. The number of hydrogen-bond donors (Lipinski definition) is 1. The number of methoxy groups -OCH3 is 1. The Morgan fingerprint density at radius 1 is 1.11 bits per heavy atom. The van der Waals surface area contributed by atoms with Gasteiger partial charge in [0.2, 0.25) is 12.7 Å². The fraction of sp³-hybridized carbons (Fsp3) is 0.474. The van der Waals surface area contributed by atoms with E-state index in [2.05, 4.69) is 37.2 Å². The van der Waals surface area contributed by atoms with Gasteiger partial charge in [-0.3, -0.25) is 4.90 Å². The molecule has 144 valence electrons. The fourth-order valence-corrected chi connectivity index (χ4v) is 3.28. The summed E-state index contributed by atoms with van der Waals surface area (Å²) in [6, 6.07) is 8.06. The maximum absolute atomic E-state index is 5.47. The van der Waals surface area contributed by atoms with Gasteiger partial charge in [0.1, 0.15) is 5.82 Å². The van der Waals surface area contributed by atoms with Gasteiger partial charge in [0.25, 0.3) is 0 Å². The number of aromatic nitrogens is 2. The van der Waals surface area contributed by atoms with Crippen molar-refractivity contribution >= 4 is 11.8 Å². The summed E-state index contributed by atoms with van der Waals surface area (Å²) in [5, 5.41) is 3.25. The van der Waals surface area contributed by atoms with E-state index < -0.39 is 0 Å². The van der Waals surface area contributed by atoms with Gasteiger partial charge in [0.05, 0.1) is 6.61 Å². The molecule has 1 aromatic heterocycles. The Labute approximate surface area is 159 Å². The molecule has 0 spiro atoms. The molecular formula is C19H25N5O3. The van der Waals surface area contributed by atoms with Crippen LogP contribution in [0.15, 0.2) is 30.5 Å². The van der Waals surface area contributed by atoms with Crippen LogP contribution in [0.25, 0.3) is 0 Å². The molecule has 0 bridgehead atoms. The third-order valence-corrected chi connectivity index (χ3v) is 4.75. The molecule has 0 atom stereocenters. The number of ether oxygens (including phenoxy) is 3. The second kappa shape index (κ2) is 8.41. The number of piperazine rings is 1. The minimum Gasteiger partial charge on any atom is -0.454 e. The van der Waals surface area contributed by atoms with Crippen LogP contribution in [0.2, 0.25) is 0 Å². The minimum absolute atomic E-state index is 0.316. The van der Waals surface area contributed by atoms with Gasteiger partial charge in [0, 0.05) is 52.6 Å². The van der Waals surface area contributed by atoms with Crippen molar-refractivity contribution in [1.82, 2.24) is 14.9 Å². The van der Waals surface area contributed by atoms with Crippen LogP contribution in [0, 0.1) is 0 Å². The Kier molecular flexibility index (Phi) is 5.55. The van der Waals surface area contributed by atoms with Crippen molar-refractivity contribution in [3.05, 3.63) is 36.0 Å². The molecule has 0 saturated carbocycles. The zero-order valence-electron chi connectivity index (χ0n) is 15.6. The Bertz CT molecular complexity index is 765. The topological polar surface area (TPSA) is 72.0 Å².